The molecular weight excluding hydrogens is 298 g/mol. The molecule has 1 atom stereocenters. The van der Waals surface area contributed by atoms with Gasteiger partial charge in [0.2, 0.25) is 0 Å². The van der Waals surface area contributed by atoms with Crippen molar-refractivity contribution < 1.29 is 9.53 Å². The second-order valence-electron chi connectivity index (χ2n) is 5.26. The molecule has 0 spiro atoms. The Balaban J connectivity index is 1.74. The molecule has 0 saturated heterocycles. The third-order valence-electron chi connectivity index (χ3n) is 3.90. The van der Waals surface area contributed by atoms with Crippen LogP contribution in [0.25, 0.3) is 0 Å². The van der Waals surface area contributed by atoms with Gasteiger partial charge >= 0.3 is 0 Å². The fraction of sp³-hybridized carbons (Fsp3) is 0.375. The van der Waals surface area contributed by atoms with Crippen LogP contribution in [0.4, 0.5) is 0 Å². The number of thiazole rings is 1. The summed E-state index contributed by atoms with van der Waals surface area (Å²) in [4.78, 5) is 16.7. The minimum Gasteiger partial charge on any atom is -0.496 e. The highest BCUT2D eigenvalue weighted by molar-refractivity contribution is 7.09. The molecule has 0 fully saturated rings. The lowest BCUT2D eigenvalue weighted by Gasteiger charge is -2.14. The number of hydrogen-bond donors (Lipinski definition) is 2. The topological polar surface area (TPSA) is 77.2 Å². The molecule has 5 nitrogen and oxygen atoms in total. The van der Waals surface area contributed by atoms with Crippen LogP contribution in [-0.2, 0) is 12.8 Å². The molecule has 2 aromatic rings. The molecule has 0 saturated carbocycles. The first-order chi connectivity index (χ1) is 10.7. The number of carbonyl (C=O) groups excluding carboxylic acids is 1. The predicted molar refractivity (Wildman–Crippen MR) is 86.4 cm³/mol. The summed E-state index contributed by atoms with van der Waals surface area (Å²) in [5.74, 6) is 0.772. The Hall–Kier alpha value is -1.92. The highest BCUT2D eigenvalue weighted by Crippen LogP contribution is 2.36. The standard InChI is InChI=1S/C16H19N3O2S/c1-21-14-4-2-3-10-11(14)5-6-12(10)19-16(20)13-9-22-15(18-13)7-8-17/h2-4,9,12H,5-8,17H2,1H3,(H,19,20). The number of aromatic nitrogens is 1. The largest absolute Gasteiger partial charge is 0.496 e. The summed E-state index contributed by atoms with van der Waals surface area (Å²) in [6.45, 7) is 0.546. The van der Waals surface area contributed by atoms with Crippen LogP contribution in [0.2, 0.25) is 0 Å². The predicted octanol–water partition coefficient (Wildman–Crippen LogP) is 2.07. The molecule has 1 heterocycles. The number of rotatable bonds is 5. The van der Waals surface area contributed by atoms with Crippen LogP contribution in [0.3, 0.4) is 0 Å². The van der Waals surface area contributed by atoms with Gasteiger partial charge < -0.3 is 15.8 Å². The van der Waals surface area contributed by atoms with E-state index in [4.69, 9.17) is 10.5 Å². The molecule has 6 heteroatoms. The maximum Gasteiger partial charge on any atom is 0.271 e. The van der Waals surface area contributed by atoms with E-state index in [1.807, 2.05) is 12.1 Å². The minimum atomic E-state index is -0.125. The Bertz CT molecular complexity index is 684. The summed E-state index contributed by atoms with van der Waals surface area (Å²) in [5, 5.41) is 5.77. The van der Waals surface area contributed by atoms with E-state index in [0.717, 1.165) is 29.2 Å². The number of nitrogens with zero attached hydrogens (tertiary/aromatic N) is 1. The van der Waals surface area contributed by atoms with Crippen LogP contribution in [0, 0.1) is 0 Å². The van der Waals surface area contributed by atoms with E-state index in [-0.39, 0.29) is 11.9 Å². The van der Waals surface area contributed by atoms with Crippen molar-refractivity contribution >= 4 is 17.2 Å². The number of fused-ring (bicyclic) bond motifs is 1. The van der Waals surface area contributed by atoms with Crippen LogP contribution < -0.4 is 15.8 Å². The van der Waals surface area contributed by atoms with Crippen molar-refractivity contribution in [2.24, 2.45) is 5.73 Å². The number of ether oxygens (including phenoxy) is 1. The van der Waals surface area contributed by atoms with Gasteiger partial charge in [-0.25, -0.2) is 4.98 Å². The van der Waals surface area contributed by atoms with E-state index in [1.165, 1.54) is 16.9 Å². The fourth-order valence-electron chi connectivity index (χ4n) is 2.85. The molecule has 0 aliphatic heterocycles. The summed E-state index contributed by atoms with van der Waals surface area (Å²) >= 11 is 1.48. The van der Waals surface area contributed by atoms with E-state index in [9.17, 15) is 4.79 Å². The molecular formula is C16H19N3O2S. The fourth-order valence-corrected chi connectivity index (χ4v) is 3.64. The van der Waals surface area contributed by atoms with Crippen LogP contribution in [-0.4, -0.2) is 24.5 Å². The molecule has 1 aliphatic carbocycles. The van der Waals surface area contributed by atoms with Crippen molar-refractivity contribution in [2.75, 3.05) is 13.7 Å². The summed E-state index contributed by atoms with van der Waals surface area (Å²) in [5.41, 5.74) is 8.32. The van der Waals surface area contributed by atoms with Gasteiger partial charge in [0.05, 0.1) is 18.2 Å². The zero-order chi connectivity index (χ0) is 15.5. The number of nitrogens with one attached hydrogen (secondary N) is 1. The minimum absolute atomic E-state index is 0.0252. The Morgan fingerprint density at radius 2 is 2.41 bits per heavy atom. The Morgan fingerprint density at radius 3 is 3.18 bits per heavy atom. The number of nitrogens with two attached hydrogens (primary N) is 1. The van der Waals surface area contributed by atoms with E-state index >= 15 is 0 Å². The first-order valence-corrected chi connectivity index (χ1v) is 8.22. The number of benzene rings is 1. The van der Waals surface area contributed by atoms with Crippen molar-refractivity contribution in [1.29, 1.82) is 0 Å². The highest BCUT2D eigenvalue weighted by atomic mass is 32.1. The Kier molecular flexibility index (Phi) is 4.40. The van der Waals surface area contributed by atoms with Gasteiger partial charge in [0.15, 0.2) is 0 Å². The third kappa shape index (κ3) is 2.84. The van der Waals surface area contributed by atoms with Gasteiger partial charge in [-0.05, 0) is 36.6 Å². The molecule has 0 bridgehead atoms. The third-order valence-corrected chi connectivity index (χ3v) is 4.80. The zero-order valence-electron chi connectivity index (χ0n) is 12.5. The molecule has 1 aromatic heterocycles. The van der Waals surface area contributed by atoms with E-state index in [1.54, 1.807) is 12.5 Å². The smallest absolute Gasteiger partial charge is 0.271 e. The molecule has 116 valence electrons. The molecule has 1 amide bonds. The van der Waals surface area contributed by atoms with Crippen molar-refractivity contribution in [1.82, 2.24) is 10.3 Å². The second-order valence-corrected chi connectivity index (χ2v) is 6.20. The summed E-state index contributed by atoms with van der Waals surface area (Å²) < 4.78 is 5.39. The maximum absolute atomic E-state index is 12.4. The molecule has 3 rings (SSSR count). The van der Waals surface area contributed by atoms with Crippen molar-refractivity contribution in [3.63, 3.8) is 0 Å². The van der Waals surface area contributed by atoms with Crippen LogP contribution in [0.1, 0.15) is 39.1 Å². The SMILES string of the molecule is COc1cccc2c1CCC2NC(=O)c1csc(CCN)n1. The second kappa shape index (κ2) is 6.46. The van der Waals surface area contributed by atoms with Gasteiger partial charge in [-0.15, -0.1) is 11.3 Å². The first-order valence-electron chi connectivity index (χ1n) is 7.34. The van der Waals surface area contributed by atoms with Gasteiger partial charge in [0.1, 0.15) is 11.4 Å². The quantitative estimate of drug-likeness (QED) is 0.885. The number of hydrogen-bond acceptors (Lipinski definition) is 5. The van der Waals surface area contributed by atoms with Gasteiger partial charge in [0, 0.05) is 11.8 Å². The van der Waals surface area contributed by atoms with E-state index in [2.05, 4.69) is 16.4 Å². The Morgan fingerprint density at radius 1 is 1.55 bits per heavy atom. The lowest BCUT2D eigenvalue weighted by atomic mass is 10.1. The maximum atomic E-state index is 12.4. The highest BCUT2D eigenvalue weighted by Gasteiger charge is 2.27. The zero-order valence-corrected chi connectivity index (χ0v) is 13.3. The van der Waals surface area contributed by atoms with Crippen LogP contribution in [0.15, 0.2) is 23.6 Å². The molecule has 0 radical (unpaired) electrons. The molecule has 1 aliphatic rings. The van der Waals surface area contributed by atoms with Crippen molar-refractivity contribution in [3.05, 3.63) is 45.4 Å². The van der Waals surface area contributed by atoms with Gasteiger partial charge in [-0.3, -0.25) is 4.79 Å². The van der Waals surface area contributed by atoms with Gasteiger partial charge in [-0.1, -0.05) is 12.1 Å². The molecule has 1 aromatic carbocycles. The monoisotopic (exact) mass is 317 g/mol. The van der Waals surface area contributed by atoms with E-state index < -0.39 is 0 Å². The van der Waals surface area contributed by atoms with Crippen LogP contribution in [0.5, 0.6) is 5.75 Å². The number of amides is 1. The Labute approximate surface area is 133 Å². The normalized spacial score (nSPS) is 16.4. The first kappa shape index (κ1) is 15.0. The lowest BCUT2D eigenvalue weighted by molar-refractivity contribution is 0.0932. The molecule has 22 heavy (non-hydrogen) atoms. The van der Waals surface area contributed by atoms with Crippen molar-refractivity contribution in [3.8, 4) is 5.75 Å². The lowest BCUT2D eigenvalue weighted by Crippen LogP contribution is -2.27. The van der Waals surface area contributed by atoms with Gasteiger partial charge in [0.25, 0.3) is 5.91 Å². The number of carbonyl (C=O) groups is 1. The van der Waals surface area contributed by atoms with Crippen molar-refractivity contribution in [2.45, 2.75) is 25.3 Å². The summed E-state index contributed by atoms with van der Waals surface area (Å²) in [6.07, 6.45) is 2.52. The molecule has 1 unspecified atom stereocenters. The molecule has 3 N–H and O–H groups in total. The average molecular weight is 317 g/mol. The summed E-state index contributed by atoms with van der Waals surface area (Å²) in [6, 6.07) is 6.00. The van der Waals surface area contributed by atoms with Crippen LogP contribution >= 0.6 is 11.3 Å². The van der Waals surface area contributed by atoms with Gasteiger partial charge in [-0.2, -0.15) is 0 Å². The summed E-state index contributed by atoms with van der Waals surface area (Å²) in [7, 11) is 1.68. The number of methoxy groups -OCH3 is 1. The average Bonchev–Trinajstić information content (AvgIpc) is 3.15. The van der Waals surface area contributed by atoms with E-state index in [0.29, 0.717) is 18.7 Å².